The smallest absolute Gasteiger partial charge is 0.237 e. The third kappa shape index (κ3) is 5.08. The summed E-state index contributed by atoms with van der Waals surface area (Å²) in [5, 5.41) is -0.0821. The first-order chi connectivity index (χ1) is 12.9. The molecule has 0 aromatic heterocycles. The molecule has 1 saturated heterocycles. The van der Waals surface area contributed by atoms with Crippen LogP contribution in [0, 0.1) is 11.6 Å². The summed E-state index contributed by atoms with van der Waals surface area (Å²) >= 11 is 1.69. The lowest BCUT2D eigenvalue weighted by Gasteiger charge is -2.30. The Balaban J connectivity index is 1.70. The SMILES string of the molecule is CC(C)N(CC(=O)N1CCS[C@H]1c1ccc(F)cc1)Cc1cccc(F)c1. The molecule has 1 aliphatic heterocycles. The van der Waals surface area contributed by atoms with Gasteiger partial charge in [-0.1, -0.05) is 24.3 Å². The number of carbonyl (C=O) groups is 1. The average molecular weight is 390 g/mol. The second kappa shape index (κ2) is 8.85. The van der Waals surface area contributed by atoms with Crippen LogP contribution in [0.1, 0.15) is 30.3 Å². The van der Waals surface area contributed by atoms with Gasteiger partial charge in [0.2, 0.25) is 5.91 Å². The van der Waals surface area contributed by atoms with E-state index in [9.17, 15) is 13.6 Å². The van der Waals surface area contributed by atoms with E-state index in [4.69, 9.17) is 0 Å². The van der Waals surface area contributed by atoms with Gasteiger partial charge in [-0.05, 0) is 49.2 Å². The number of amides is 1. The van der Waals surface area contributed by atoms with Gasteiger partial charge in [-0.2, -0.15) is 0 Å². The van der Waals surface area contributed by atoms with Crippen LogP contribution in [0.5, 0.6) is 0 Å². The van der Waals surface area contributed by atoms with Gasteiger partial charge in [0.15, 0.2) is 0 Å². The minimum Gasteiger partial charge on any atom is -0.325 e. The van der Waals surface area contributed by atoms with E-state index in [1.807, 2.05) is 29.7 Å². The molecule has 6 heteroatoms. The van der Waals surface area contributed by atoms with Crippen molar-refractivity contribution in [2.75, 3.05) is 18.8 Å². The Labute approximate surface area is 163 Å². The van der Waals surface area contributed by atoms with Gasteiger partial charge in [-0.3, -0.25) is 9.69 Å². The molecule has 1 aliphatic rings. The van der Waals surface area contributed by atoms with Gasteiger partial charge in [-0.25, -0.2) is 8.78 Å². The van der Waals surface area contributed by atoms with E-state index in [-0.39, 0.29) is 35.5 Å². The predicted molar refractivity (Wildman–Crippen MR) is 105 cm³/mol. The molecule has 3 rings (SSSR count). The molecule has 0 saturated carbocycles. The van der Waals surface area contributed by atoms with Crippen LogP contribution in [0.2, 0.25) is 0 Å². The molecule has 1 amide bonds. The van der Waals surface area contributed by atoms with E-state index in [1.165, 1.54) is 24.3 Å². The minimum atomic E-state index is -0.277. The zero-order valence-corrected chi connectivity index (χ0v) is 16.4. The molecule has 1 fully saturated rings. The molecule has 0 unspecified atom stereocenters. The molecule has 1 atom stereocenters. The number of benzene rings is 2. The van der Waals surface area contributed by atoms with Crippen LogP contribution in [0.15, 0.2) is 48.5 Å². The highest BCUT2D eigenvalue weighted by Gasteiger charge is 2.31. The van der Waals surface area contributed by atoms with Crippen molar-refractivity contribution in [3.63, 3.8) is 0 Å². The van der Waals surface area contributed by atoms with Gasteiger partial charge in [0.1, 0.15) is 17.0 Å². The van der Waals surface area contributed by atoms with E-state index >= 15 is 0 Å². The fraction of sp³-hybridized carbons (Fsp3) is 0.381. The van der Waals surface area contributed by atoms with Crippen LogP contribution >= 0.6 is 11.8 Å². The highest BCUT2D eigenvalue weighted by atomic mass is 32.2. The van der Waals surface area contributed by atoms with Crippen molar-refractivity contribution in [1.29, 1.82) is 0 Å². The van der Waals surface area contributed by atoms with Crippen molar-refractivity contribution < 1.29 is 13.6 Å². The first kappa shape index (κ1) is 19.8. The topological polar surface area (TPSA) is 23.6 Å². The van der Waals surface area contributed by atoms with E-state index in [2.05, 4.69) is 0 Å². The zero-order chi connectivity index (χ0) is 19.4. The summed E-state index contributed by atoms with van der Waals surface area (Å²) in [4.78, 5) is 16.9. The van der Waals surface area contributed by atoms with Gasteiger partial charge < -0.3 is 4.90 Å². The number of hydrogen-bond acceptors (Lipinski definition) is 3. The first-order valence-electron chi connectivity index (χ1n) is 9.09. The van der Waals surface area contributed by atoms with Gasteiger partial charge in [-0.15, -0.1) is 11.8 Å². The fourth-order valence-electron chi connectivity index (χ4n) is 3.18. The molecule has 144 valence electrons. The Morgan fingerprint density at radius 3 is 2.59 bits per heavy atom. The minimum absolute atomic E-state index is 0.0411. The maximum atomic E-state index is 13.5. The summed E-state index contributed by atoms with van der Waals surface area (Å²) in [5.74, 6) is 0.356. The Bertz CT molecular complexity index is 782. The standard InChI is InChI=1S/C21H24F2N2OS/c1-15(2)24(13-16-4-3-5-19(23)12-16)14-20(26)25-10-11-27-21(25)17-6-8-18(22)9-7-17/h3-9,12,15,21H,10-11,13-14H2,1-2H3/t21-/m0/s1. The molecule has 2 aromatic carbocycles. The van der Waals surface area contributed by atoms with E-state index in [0.29, 0.717) is 13.1 Å². The quantitative estimate of drug-likeness (QED) is 0.728. The van der Waals surface area contributed by atoms with Gasteiger partial charge in [0.05, 0.1) is 6.54 Å². The Kier molecular flexibility index (Phi) is 6.50. The van der Waals surface area contributed by atoms with Crippen LogP contribution in [-0.4, -0.2) is 40.6 Å². The van der Waals surface area contributed by atoms with Crippen LogP contribution in [0.25, 0.3) is 0 Å². The van der Waals surface area contributed by atoms with Crippen molar-refractivity contribution in [3.05, 3.63) is 71.3 Å². The second-order valence-corrected chi connectivity index (χ2v) is 8.18. The highest BCUT2D eigenvalue weighted by molar-refractivity contribution is 7.99. The van der Waals surface area contributed by atoms with Gasteiger partial charge >= 0.3 is 0 Å². The van der Waals surface area contributed by atoms with Crippen LogP contribution < -0.4 is 0 Å². The average Bonchev–Trinajstić information content (AvgIpc) is 3.11. The Morgan fingerprint density at radius 2 is 1.93 bits per heavy atom. The molecular weight excluding hydrogens is 366 g/mol. The number of hydrogen-bond donors (Lipinski definition) is 0. The van der Waals surface area contributed by atoms with E-state index in [1.54, 1.807) is 30.0 Å². The van der Waals surface area contributed by atoms with Crippen molar-refractivity contribution >= 4 is 17.7 Å². The summed E-state index contributed by atoms with van der Waals surface area (Å²) in [7, 11) is 0. The molecule has 2 aromatic rings. The molecular formula is C21H24F2N2OS. The van der Waals surface area contributed by atoms with Crippen LogP contribution in [-0.2, 0) is 11.3 Å². The van der Waals surface area contributed by atoms with E-state index < -0.39 is 0 Å². The molecule has 0 radical (unpaired) electrons. The van der Waals surface area contributed by atoms with Crippen molar-refractivity contribution in [2.24, 2.45) is 0 Å². The lowest BCUT2D eigenvalue weighted by Crippen LogP contribution is -2.42. The Morgan fingerprint density at radius 1 is 1.19 bits per heavy atom. The third-order valence-electron chi connectivity index (χ3n) is 4.71. The molecule has 27 heavy (non-hydrogen) atoms. The predicted octanol–water partition coefficient (Wildman–Crippen LogP) is 4.45. The lowest BCUT2D eigenvalue weighted by molar-refractivity contribution is -0.133. The maximum Gasteiger partial charge on any atom is 0.237 e. The zero-order valence-electron chi connectivity index (χ0n) is 15.6. The fourth-order valence-corrected chi connectivity index (χ4v) is 4.46. The molecule has 0 N–H and O–H groups in total. The first-order valence-corrected chi connectivity index (χ1v) is 10.1. The lowest BCUT2D eigenvalue weighted by atomic mass is 10.1. The van der Waals surface area contributed by atoms with Crippen LogP contribution in [0.4, 0.5) is 8.78 Å². The summed E-state index contributed by atoms with van der Waals surface area (Å²) in [6, 6.07) is 13.0. The third-order valence-corrected chi connectivity index (χ3v) is 5.97. The molecule has 3 nitrogen and oxygen atoms in total. The van der Waals surface area contributed by atoms with Crippen molar-refractivity contribution in [2.45, 2.75) is 31.8 Å². The van der Waals surface area contributed by atoms with Gasteiger partial charge in [0.25, 0.3) is 0 Å². The monoisotopic (exact) mass is 390 g/mol. The number of halogens is 2. The number of carbonyl (C=O) groups excluding carboxylic acids is 1. The number of rotatable bonds is 6. The summed E-state index contributed by atoms with van der Waals surface area (Å²) in [6.45, 7) is 5.53. The number of nitrogens with zero attached hydrogens (tertiary/aromatic N) is 2. The van der Waals surface area contributed by atoms with Crippen LogP contribution in [0.3, 0.4) is 0 Å². The maximum absolute atomic E-state index is 13.5. The molecule has 1 heterocycles. The summed E-state index contributed by atoms with van der Waals surface area (Å²) in [5.41, 5.74) is 1.79. The molecule has 0 bridgehead atoms. The van der Waals surface area contributed by atoms with Gasteiger partial charge in [0, 0.05) is 24.9 Å². The highest BCUT2D eigenvalue weighted by Crippen LogP contribution is 2.38. The summed E-state index contributed by atoms with van der Waals surface area (Å²) < 4.78 is 26.7. The van der Waals surface area contributed by atoms with E-state index in [0.717, 1.165) is 16.9 Å². The van der Waals surface area contributed by atoms with Crippen molar-refractivity contribution in [1.82, 2.24) is 9.80 Å². The van der Waals surface area contributed by atoms with Crippen molar-refractivity contribution in [3.8, 4) is 0 Å². The number of thioether (sulfide) groups is 1. The molecule has 0 aliphatic carbocycles. The summed E-state index contributed by atoms with van der Waals surface area (Å²) in [6.07, 6.45) is 0. The molecule has 0 spiro atoms. The largest absolute Gasteiger partial charge is 0.325 e. The second-order valence-electron chi connectivity index (χ2n) is 6.99. The Hall–Kier alpha value is -1.92. The normalized spacial score (nSPS) is 17.1.